The second kappa shape index (κ2) is 6.19. The molecule has 0 fully saturated rings. The highest BCUT2D eigenvalue weighted by atomic mass is 79.9. The number of anilines is 1. The van der Waals surface area contributed by atoms with Crippen LogP contribution in [-0.4, -0.2) is 18.2 Å². The number of rotatable bonds is 3. The Hall–Kier alpha value is -2.08. The van der Waals surface area contributed by atoms with Crippen LogP contribution in [0.15, 0.2) is 47.1 Å². The number of para-hydroxylation sites is 1. The quantitative estimate of drug-likeness (QED) is 0.879. The van der Waals surface area contributed by atoms with Crippen molar-refractivity contribution >= 4 is 27.8 Å². The summed E-state index contributed by atoms with van der Waals surface area (Å²) >= 11 is 3.24. The molecule has 1 aromatic carbocycles. The van der Waals surface area contributed by atoms with Crippen molar-refractivity contribution < 1.29 is 14.3 Å². The number of amides is 1. The van der Waals surface area contributed by atoms with Gasteiger partial charge in [-0.25, -0.2) is 9.78 Å². The number of carbonyl (C=O) groups is 1. The number of ether oxygens (including phenoxy) is 2. The van der Waals surface area contributed by atoms with Crippen LogP contribution in [0.5, 0.6) is 11.5 Å². The van der Waals surface area contributed by atoms with E-state index in [4.69, 9.17) is 9.47 Å². The van der Waals surface area contributed by atoms with Crippen molar-refractivity contribution in [2.75, 3.05) is 12.4 Å². The molecule has 5 nitrogen and oxygen atoms in total. The number of halogens is 1. The monoisotopic (exact) mass is 322 g/mol. The van der Waals surface area contributed by atoms with Gasteiger partial charge < -0.3 is 9.47 Å². The van der Waals surface area contributed by atoms with Crippen molar-refractivity contribution in [3.05, 3.63) is 47.1 Å². The highest BCUT2D eigenvalue weighted by Gasteiger charge is 2.08. The molecule has 1 aromatic heterocycles. The van der Waals surface area contributed by atoms with Gasteiger partial charge in [0.25, 0.3) is 0 Å². The Morgan fingerprint density at radius 2 is 1.95 bits per heavy atom. The van der Waals surface area contributed by atoms with E-state index in [9.17, 15) is 4.79 Å². The molecule has 2 aromatic rings. The molecule has 0 spiro atoms. The predicted molar refractivity (Wildman–Crippen MR) is 74.6 cm³/mol. The summed E-state index contributed by atoms with van der Waals surface area (Å²) in [4.78, 5) is 15.7. The fraction of sp³-hybridized carbons (Fsp3) is 0.0769. The molecule has 1 heterocycles. The van der Waals surface area contributed by atoms with Gasteiger partial charge in [0.1, 0.15) is 16.2 Å². The number of methoxy groups -OCH3 is 1. The van der Waals surface area contributed by atoms with E-state index in [2.05, 4.69) is 26.2 Å². The topological polar surface area (TPSA) is 60.5 Å². The first-order valence-electron chi connectivity index (χ1n) is 5.43. The first-order valence-corrected chi connectivity index (χ1v) is 6.23. The summed E-state index contributed by atoms with van der Waals surface area (Å²) < 4.78 is 10.6. The third-order valence-corrected chi connectivity index (χ3v) is 2.79. The molecule has 19 heavy (non-hydrogen) atoms. The Labute approximate surface area is 118 Å². The smallest absolute Gasteiger partial charge is 0.418 e. The zero-order valence-corrected chi connectivity index (χ0v) is 11.7. The SMILES string of the molecule is COc1ccc(NC(=O)Oc2ccccc2)nc1Br. The Kier molecular flexibility index (Phi) is 4.35. The molecule has 1 N–H and O–H groups in total. The third-order valence-electron chi connectivity index (χ3n) is 2.22. The first-order chi connectivity index (χ1) is 9.19. The molecule has 0 unspecified atom stereocenters. The van der Waals surface area contributed by atoms with Crippen LogP contribution in [0.25, 0.3) is 0 Å². The molecule has 0 aliphatic carbocycles. The largest absolute Gasteiger partial charge is 0.494 e. The minimum Gasteiger partial charge on any atom is -0.494 e. The zero-order chi connectivity index (χ0) is 13.7. The lowest BCUT2D eigenvalue weighted by atomic mass is 10.3. The summed E-state index contributed by atoms with van der Waals surface area (Å²) in [6.07, 6.45) is -0.601. The van der Waals surface area contributed by atoms with E-state index in [0.29, 0.717) is 21.9 Å². The maximum Gasteiger partial charge on any atom is 0.418 e. The van der Waals surface area contributed by atoms with E-state index in [1.165, 1.54) is 0 Å². The summed E-state index contributed by atoms with van der Waals surface area (Å²) in [6.45, 7) is 0. The van der Waals surface area contributed by atoms with Gasteiger partial charge in [0.15, 0.2) is 5.75 Å². The molecule has 0 saturated carbocycles. The van der Waals surface area contributed by atoms with Crippen LogP contribution in [0, 0.1) is 0 Å². The molecule has 0 bridgehead atoms. The van der Waals surface area contributed by atoms with Crippen molar-refractivity contribution in [1.82, 2.24) is 4.98 Å². The molecule has 0 atom stereocenters. The van der Waals surface area contributed by atoms with Crippen LogP contribution in [0.1, 0.15) is 0 Å². The number of carbonyl (C=O) groups excluding carboxylic acids is 1. The maximum absolute atomic E-state index is 11.6. The molecular formula is C13H11BrN2O3. The molecular weight excluding hydrogens is 312 g/mol. The highest BCUT2D eigenvalue weighted by molar-refractivity contribution is 9.10. The van der Waals surface area contributed by atoms with Gasteiger partial charge in [-0.05, 0) is 40.2 Å². The fourth-order valence-electron chi connectivity index (χ4n) is 1.37. The van der Waals surface area contributed by atoms with Gasteiger partial charge in [-0.15, -0.1) is 0 Å². The van der Waals surface area contributed by atoms with Gasteiger partial charge in [-0.3, -0.25) is 5.32 Å². The van der Waals surface area contributed by atoms with Crippen LogP contribution in [0.4, 0.5) is 10.6 Å². The lowest BCUT2D eigenvalue weighted by molar-refractivity contribution is 0.215. The molecule has 1 amide bonds. The molecule has 0 aliphatic heterocycles. The minimum atomic E-state index is -0.601. The summed E-state index contributed by atoms with van der Waals surface area (Å²) in [5, 5.41) is 2.52. The number of hydrogen-bond acceptors (Lipinski definition) is 4. The Morgan fingerprint density at radius 1 is 1.21 bits per heavy atom. The van der Waals surface area contributed by atoms with Gasteiger partial charge in [0.05, 0.1) is 7.11 Å². The number of aromatic nitrogens is 1. The van der Waals surface area contributed by atoms with Crippen LogP contribution < -0.4 is 14.8 Å². The van der Waals surface area contributed by atoms with Gasteiger partial charge >= 0.3 is 6.09 Å². The summed E-state index contributed by atoms with van der Waals surface area (Å²) in [5.41, 5.74) is 0. The minimum absolute atomic E-state index is 0.369. The van der Waals surface area contributed by atoms with E-state index in [0.717, 1.165) is 0 Å². The lowest BCUT2D eigenvalue weighted by Crippen LogP contribution is -2.17. The Balaban J connectivity index is 2.01. The van der Waals surface area contributed by atoms with Gasteiger partial charge in [-0.1, -0.05) is 18.2 Å². The lowest BCUT2D eigenvalue weighted by Gasteiger charge is -2.07. The second-order valence-electron chi connectivity index (χ2n) is 3.52. The van der Waals surface area contributed by atoms with Crippen molar-refractivity contribution in [2.45, 2.75) is 0 Å². The van der Waals surface area contributed by atoms with Crippen molar-refractivity contribution in [3.63, 3.8) is 0 Å². The predicted octanol–water partition coefficient (Wildman–Crippen LogP) is 3.46. The summed E-state index contributed by atoms with van der Waals surface area (Å²) in [6, 6.07) is 12.1. The maximum atomic E-state index is 11.6. The number of pyridine rings is 1. The number of benzene rings is 1. The molecule has 0 saturated heterocycles. The van der Waals surface area contributed by atoms with Crippen molar-refractivity contribution in [2.24, 2.45) is 0 Å². The average Bonchev–Trinajstić information content (AvgIpc) is 2.40. The van der Waals surface area contributed by atoms with Crippen LogP contribution in [0.2, 0.25) is 0 Å². The van der Waals surface area contributed by atoms with Gasteiger partial charge in [0.2, 0.25) is 0 Å². The zero-order valence-electron chi connectivity index (χ0n) is 10.1. The first kappa shape index (κ1) is 13.4. The van der Waals surface area contributed by atoms with Gasteiger partial charge in [0, 0.05) is 0 Å². The van der Waals surface area contributed by atoms with Crippen molar-refractivity contribution in [3.8, 4) is 11.5 Å². The van der Waals surface area contributed by atoms with E-state index < -0.39 is 6.09 Å². The molecule has 2 rings (SSSR count). The van der Waals surface area contributed by atoms with E-state index >= 15 is 0 Å². The third kappa shape index (κ3) is 3.69. The molecule has 0 radical (unpaired) electrons. The van der Waals surface area contributed by atoms with Crippen LogP contribution in [-0.2, 0) is 0 Å². The fourth-order valence-corrected chi connectivity index (χ4v) is 1.85. The molecule has 98 valence electrons. The highest BCUT2D eigenvalue weighted by Crippen LogP contribution is 2.24. The van der Waals surface area contributed by atoms with Gasteiger partial charge in [-0.2, -0.15) is 0 Å². The number of nitrogens with one attached hydrogen (secondary N) is 1. The average molecular weight is 323 g/mol. The van der Waals surface area contributed by atoms with E-state index in [-0.39, 0.29) is 0 Å². The normalized spacial score (nSPS) is 9.79. The summed E-state index contributed by atoms with van der Waals surface area (Å²) in [5.74, 6) is 1.42. The number of nitrogens with zero attached hydrogens (tertiary/aromatic N) is 1. The van der Waals surface area contributed by atoms with E-state index in [1.54, 1.807) is 43.5 Å². The Morgan fingerprint density at radius 3 is 2.58 bits per heavy atom. The van der Waals surface area contributed by atoms with E-state index in [1.807, 2.05) is 6.07 Å². The van der Waals surface area contributed by atoms with Crippen LogP contribution >= 0.6 is 15.9 Å². The summed E-state index contributed by atoms with van der Waals surface area (Å²) in [7, 11) is 1.54. The second-order valence-corrected chi connectivity index (χ2v) is 4.27. The Bertz CT molecular complexity index is 575. The van der Waals surface area contributed by atoms with Crippen molar-refractivity contribution in [1.29, 1.82) is 0 Å². The standard InChI is InChI=1S/C13H11BrN2O3/c1-18-10-7-8-11(15-12(10)14)16-13(17)19-9-5-3-2-4-6-9/h2-8H,1H3,(H,15,16,17). The molecule has 6 heteroatoms. The molecule has 0 aliphatic rings. The number of hydrogen-bond donors (Lipinski definition) is 1. The van der Waals surface area contributed by atoms with Crippen LogP contribution in [0.3, 0.4) is 0 Å².